The van der Waals surface area contributed by atoms with Crippen LogP contribution in [0.2, 0.25) is 0 Å². The molecule has 0 aliphatic carbocycles. The summed E-state index contributed by atoms with van der Waals surface area (Å²) in [6, 6.07) is -4.63. The van der Waals surface area contributed by atoms with Crippen molar-refractivity contribution in [2.45, 2.75) is 79.0 Å². The standard InChI is InChI=1S/C29H43N7O14S2/c1-12(30)6-13-7-18(51-10-16(26(45)33-8-21(39)40)35-19(37)4-2-14(31)28(47)48)23(43)24(44)25(13)52-11-17(27(46)34-9-22(41)42)36-20(38)5-3-15(32)29(49)50/h7,12,14-17,43-44H,2-6,8-11,30-32H2,1H3,(H,33,45)(H,34,46)(H,35,37)(H,36,38)(H,39,40)(H,41,42)(H,47,48)(H,49,50)/t12?,14-,15-,16-,17-/m0/s1. The summed E-state index contributed by atoms with van der Waals surface area (Å²) in [5.41, 5.74) is 17.2. The zero-order valence-corrected chi connectivity index (χ0v) is 29.5. The number of phenolic OH excluding ortho intramolecular Hbond substituents is 2. The molecule has 0 bridgehead atoms. The van der Waals surface area contributed by atoms with Gasteiger partial charge in [0.05, 0.1) is 9.79 Å². The molecule has 16 N–H and O–H groups in total. The van der Waals surface area contributed by atoms with Gasteiger partial charge in [-0.3, -0.25) is 38.4 Å². The summed E-state index contributed by atoms with van der Waals surface area (Å²) >= 11 is 1.57. The number of benzene rings is 1. The predicted molar refractivity (Wildman–Crippen MR) is 183 cm³/mol. The first kappa shape index (κ1) is 45.2. The number of carbonyl (C=O) groups is 8. The van der Waals surface area contributed by atoms with Crippen LogP contribution in [0.4, 0.5) is 0 Å². The van der Waals surface area contributed by atoms with Crippen molar-refractivity contribution in [3.8, 4) is 11.5 Å². The average Bonchev–Trinajstić information content (AvgIpc) is 3.06. The number of hydrogen-bond acceptors (Lipinski definition) is 15. The van der Waals surface area contributed by atoms with Gasteiger partial charge in [-0.2, -0.15) is 0 Å². The number of thioether (sulfide) groups is 2. The quantitative estimate of drug-likeness (QED) is 0.0366. The van der Waals surface area contributed by atoms with Gasteiger partial charge in [0.15, 0.2) is 11.5 Å². The molecular weight excluding hydrogens is 734 g/mol. The number of carboxylic acid groups (broad SMARTS) is 4. The lowest BCUT2D eigenvalue weighted by Gasteiger charge is -2.22. The summed E-state index contributed by atoms with van der Waals surface area (Å²) in [4.78, 5) is 94.6. The van der Waals surface area contributed by atoms with E-state index in [-0.39, 0.29) is 53.4 Å². The van der Waals surface area contributed by atoms with Gasteiger partial charge in [0, 0.05) is 30.4 Å². The number of nitrogens with one attached hydrogen (secondary N) is 4. The van der Waals surface area contributed by atoms with Crippen molar-refractivity contribution in [1.82, 2.24) is 21.3 Å². The van der Waals surface area contributed by atoms with Crippen LogP contribution in [0.15, 0.2) is 15.9 Å². The average molecular weight is 778 g/mol. The lowest BCUT2D eigenvalue weighted by atomic mass is 10.1. The molecule has 0 aliphatic rings. The van der Waals surface area contributed by atoms with Crippen LogP contribution in [-0.2, 0) is 44.8 Å². The maximum Gasteiger partial charge on any atom is 0.322 e. The lowest BCUT2D eigenvalue weighted by molar-refractivity contribution is -0.140. The molecule has 0 saturated heterocycles. The second-order valence-corrected chi connectivity index (χ2v) is 13.4. The van der Waals surface area contributed by atoms with Crippen LogP contribution in [0.3, 0.4) is 0 Å². The van der Waals surface area contributed by atoms with Gasteiger partial charge in [0.2, 0.25) is 23.6 Å². The minimum Gasteiger partial charge on any atom is -0.503 e. The van der Waals surface area contributed by atoms with Crippen LogP contribution in [0, 0.1) is 0 Å². The molecule has 1 unspecified atom stereocenters. The normalized spacial score (nSPS) is 13.8. The Balaban J connectivity index is 3.33. The Kier molecular flexibility index (Phi) is 19.3. The fourth-order valence-electron chi connectivity index (χ4n) is 4.07. The summed E-state index contributed by atoms with van der Waals surface area (Å²) in [7, 11) is 0. The van der Waals surface area contributed by atoms with Crippen molar-refractivity contribution >= 4 is 71.0 Å². The van der Waals surface area contributed by atoms with Gasteiger partial charge >= 0.3 is 23.9 Å². The molecule has 23 heteroatoms. The first-order valence-electron chi connectivity index (χ1n) is 15.4. The van der Waals surface area contributed by atoms with Gasteiger partial charge in [-0.15, -0.1) is 23.5 Å². The van der Waals surface area contributed by atoms with E-state index in [1.807, 2.05) is 0 Å². The number of amides is 4. The third kappa shape index (κ3) is 16.5. The highest BCUT2D eigenvalue weighted by atomic mass is 32.2. The third-order valence-electron chi connectivity index (χ3n) is 6.74. The van der Waals surface area contributed by atoms with Crippen LogP contribution < -0.4 is 38.5 Å². The summed E-state index contributed by atoms with van der Waals surface area (Å²) in [5, 5.41) is 66.8. The Morgan fingerprint density at radius 2 is 1.12 bits per heavy atom. The van der Waals surface area contributed by atoms with E-state index in [9.17, 15) is 48.6 Å². The molecule has 1 aromatic rings. The minimum atomic E-state index is -1.41. The van der Waals surface area contributed by atoms with Crippen LogP contribution in [0.5, 0.6) is 11.5 Å². The van der Waals surface area contributed by atoms with E-state index in [1.165, 1.54) is 6.07 Å². The zero-order chi connectivity index (χ0) is 39.7. The van der Waals surface area contributed by atoms with Crippen molar-refractivity contribution in [1.29, 1.82) is 0 Å². The third-order valence-corrected chi connectivity index (χ3v) is 9.11. The molecule has 0 aliphatic heterocycles. The molecule has 1 aromatic carbocycles. The monoisotopic (exact) mass is 777 g/mol. The van der Waals surface area contributed by atoms with Gasteiger partial charge in [-0.25, -0.2) is 0 Å². The van der Waals surface area contributed by atoms with Gasteiger partial charge in [0.25, 0.3) is 0 Å². The summed E-state index contributed by atoms with van der Waals surface area (Å²) in [6.07, 6.45) is -1.23. The van der Waals surface area contributed by atoms with Gasteiger partial charge in [-0.05, 0) is 37.8 Å². The summed E-state index contributed by atoms with van der Waals surface area (Å²) in [6.45, 7) is 0.0468. The van der Waals surface area contributed by atoms with E-state index in [0.717, 1.165) is 23.5 Å². The molecule has 0 radical (unpaired) electrons. The van der Waals surface area contributed by atoms with E-state index >= 15 is 0 Å². The molecule has 0 heterocycles. The molecule has 0 fully saturated rings. The highest BCUT2D eigenvalue weighted by Crippen LogP contribution is 2.45. The minimum absolute atomic E-state index is 0.00509. The Morgan fingerprint density at radius 1 is 0.692 bits per heavy atom. The molecule has 0 aromatic heterocycles. The summed E-state index contributed by atoms with van der Waals surface area (Å²) in [5.74, 6) is -10.9. The SMILES string of the molecule is CC(N)Cc1cc(SC[C@H](NC(=O)CC[C@H](N)C(=O)O)C(=O)NCC(=O)O)c(O)c(O)c1SC[C@H](NC(=O)CC[C@H](N)C(=O)O)C(=O)NCC(=O)O. The lowest BCUT2D eigenvalue weighted by Crippen LogP contribution is -2.49. The molecule has 52 heavy (non-hydrogen) atoms. The van der Waals surface area contributed by atoms with E-state index in [4.69, 9.17) is 37.6 Å². The number of phenols is 2. The molecule has 21 nitrogen and oxygen atoms in total. The Hall–Kier alpha value is -4.84. The van der Waals surface area contributed by atoms with E-state index in [0.29, 0.717) is 5.56 Å². The number of carbonyl (C=O) groups excluding carboxylic acids is 4. The maximum absolute atomic E-state index is 12.8. The second-order valence-electron chi connectivity index (χ2n) is 11.3. The first-order valence-corrected chi connectivity index (χ1v) is 17.3. The fraction of sp³-hybridized carbons (Fsp3) is 0.517. The number of carboxylic acids is 4. The summed E-state index contributed by atoms with van der Waals surface area (Å²) < 4.78 is 0. The van der Waals surface area contributed by atoms with Crippen molar-refractivity contribution in [3.05, 3.63) is 11.6 Å². The van der Waals surface area contributed by atoms with Gasteiger partial charge in [-0.1, -0.05) is 0 Å². The predicted octanol–water partition coefficient (Wildman–Crippen LogP) is -3.07. The van der Waals surface area contributed by atoms with Crippen LogP contribution in [0.25, 0.3) is 0 Å². The number of aliphatic carboxylic acids is 4. The van der Waals surface area contributed by atoms with Crippen molar-refractivity contribution in [2.24, 2.45) is 17.2 Å². The zero-order valence-electron chi connectivity index (χ0n) is 27.8. The number of aromatic hydroxyl groups is 2. The number of nitrogens with two attached hydrogens (primary N) is 3. The van der Waals surface area contributed by atoms with Crippen molar-refractivity contribution in [3.63, 3.8) is 0 Å². The maximum atomic E-state index is 12.8. The van der Waals surface area contributed by atoms with Crippen molar-refractivity contribution < 1.29 is 69.0 Å². The second kappa shape index (κ2) is 22.2. The van der Waals surface area contributed by atoms with Crippen molar-refractivity contribution in [2.75, 3.05) is 24.6 Å². The van der Waals surface area contributed by atoms with E-state index in [2.05, 4.69) is 21.3 Å². The first-order chi connectivity index (χ1) is 24.2. The van der Waals surface area contributed by atoms with Crippen LogP contribution in [0.1, 0.15) is 38.2 Å². The molecule has 290 valence electrons. The Morgan fingerprint density at radius 3 is 1.50 bits per heavy atom. The van der Waals surface area contributed by atoms with E-state index < -0.39 is 102 Å². The highest BCUT2D eigenvalue weighted by molar-refractivity contribution is 8.00. The number of hydrogen-bond donors (Lipinski definition) is 13. The molecular formula is C29H43N7O14S2. The van der Waals surface area contributed by atoms with E-state index in [1.54, 1.807) is 6.92 Å². The Labute approximate surface area is 304 Å². The van der Waals surface area contributed by atoms with Crippen LogP contribution in [-0.4, -0.2) is 133 Å². The largest absolute Gasteiger partial charge is 0.503 e. The number of rotatable bonds is 24. The molecule has 0 saturated carbocycles. The smallest absolute Gasteiger partial charge is 0.322 e. The molecule has 1 rings (SSSR count). The topological polar surface area (TPSA) is 384 Å². The fourth-order valence-corrected chi connectivity index (χ4v) is 6.24. The van der Waals surface area contributed by atoms with Crippen LogP contribution >= 0.6 is 23.5 Å². The highest BCUT2D eigenvalue weighted by Gasteiger charge is 2.28. The van der Waals surface area contributed by atoms with Gasteiger partial charge in [0.1, 0.15) is 37.3 Å². The molecule has 0 spiro atoms. The molecule has 4 amide bonds. The Bertz CT molecular complexity index is 1500. The molecule has 5 atom stereocenters. The van der Waals surface area contributed by atoms with Gasteiger partial charge < -0.3 is 69.1 Å².